The number of hydrogen-bond acceptors (Lipinski definition) is 4. The molecular weight excluding hydrogens is 282 g/mol. The smallest absolute Gasteiger partial charge is 0.140 e. The third kappa shape index (κ3) is 2.91. The van der Waals surface area contributed by atoms with Crippen LogP contribution in [0.25, 0.3) is 10.8 Å². The molecular formula is C17H17NO2S. The van der Waals surface area contributed by atoms with Gasteiger partial charge in [-0.3, -0.25) is 0 Å². The zero-order valence-electron chi connectivity index (χ0n) is 12.0. The number of aliphatic hydroxyl groups excluding tert-OH is 1. The van der Waals surface area contributed by atoms with Gasteiger partial charge in [-0.2, -0.15) is 0 Å². The van der Waals surface area contributed by atoms with Gasteiger partial charge in [0.2, 0.25) is 0 Å². The standard InChI is InChI=1S/C17H17NO2S/c1-11-10-21-16(18-11)9-20-17-14(12(2)19)8-7-13-5-3-4-6-15(13)17/h3-8,10,12,19H,9H2,1-2H3/t12-/m1/s1. The molecule has 21 heavy (non-hydrogen) atoms. The molecule has 0 radical (unpaired) electrons. The molecule has 0 saturated carbocycles. The first-order valence-corrected chi connectivity index (χ1v) is 7.76. The van der Waals surface area contributed by atoms with Gasteiger partial charge in [-0.1, -0.05) is 36.4 Å². The molecule has 0 aliphatic heterocycles. The molecule has 0 spiro atoms. The Balaban J connectivity index is 1.99. The number of thiazole rings is 1. The Morgan fingerprint density at radius 3 is 2.76 bits per heavy atom. The minimum atomic E-state index is -0.567. The fraction of sp³-hybridized carbons (Fsp3) is 0.235. The molecule has 3 nitrogen and oxygen atoms in total. The maximum Gasteiger partial charge on any atom is 0.140 e. The van der Waals surface area contributed by atoms with Crippen molar-refractivity contribution in [3.8, 4) is 5.75 Å². The van der Waals surface area contributed by atoms with Crippen molar-refractivity contribution in [2.75, 3.05) is 0 Å². The number of aromatic nitrogens is 1. The molecule has 1 atom stereocenters. The lowest BCUT2D eigenvalue weighted by atomic mass is 10.0. The average molecular weight is 299 g/mol. The van der Waals surface area contributed by atoms with E-state index in [9.17, 15) is 5.11 Å². The van der Waals surface area contributed by atoms with E-state index in [0.717, 1.165) is 32.8 Å². The minimum absolute atomic E-state index is 0.423. The van der Waals surface area contributed by atoms with Crippen molar-refractivity contribution in [1.82, 2.24) is 4.98 Å². The Bertz CT molecular complexity index is 764. The monoisotopic (exact) mass is 299 g/mol. The molecule has 0 unspecified atom stereocenters. The number of rotatable bonds is 4. The largest absolute Gasteiger partial charge is 0.485 e. The summed E-state index contributed by atoms with van der Waals surface area (Å²) in [6, 6.07) is 12.0. The van der Waals surface area contributed by atoms with Crippen molar-refractivity contribution in [3.63, 3.8) is 0 Å². The molecule has 0 amide bonds. The summed E-state index contributed by atoms with van der Waals surface area (Å²) in [6.07, 6.45) is -0.567. The molecule has 3 aromatic rings. The summed E-state index contributed by atoms with van der Waals surface area (Å²) in [5, 5.41) is 15.0. The van der Waals surface area contributed by atoms with Gasteiger partial charge in [-0.05, 0) is 19.2 Å². The molecule has 1 aromatic heterocycles. The molecule has 0 aliphatic carbocycles. The number of hydrogen-bond donors (Lipinski definition) is 1. The summed E-state index contributed by atoms with van der Waals surface area (Å²) in [5.74, 6) is 0.746. The molecule has 4 heteroatoms. The highest BCUT2D eigenvalue weighted by atomic mass is 32.1. The zero-order chi connectivity index (χ0) is 14.8. The van der Waals surface area contributed by atoms with Crippen LogP contribution in [0, 0.1) is 6.92 Å². The summed E-state index contributed by atoms with van der Waals surface area (Å²) in [7, 11) is 0. The summed E-state index contributed by atoms with van der Waals surface area (Å²) in [6.45, 7) is 4.15. The Morgan fingerprint density at radius 2 is 2.05 bits per heavy atom. The molecule has 0 aliphatic rings. The van der Waals surface area contributed by atoms with Crippen LogP contribution in [0.5, 0.6) is 5.75 Å². The number of aryl methyl sites for hydroxylation is 1. The summed E-state index contributed by atoms with van der Waals surface area (Å²) < 4.78 is 6.00. The van der Waals surface area contributed by atoms with Crippen molar-refractivity contribution in [1.29, 1.82) is 0 Å². The van der Waals surface area contributed by atoms with Crippen molar-refractivity contribution in [3.05, 3.63) is 58.0 Å². The topological polar surface area (TPSA) is 42.4 Å². The first kappa shape index (κ1) is 14.0. The average Bonchev–Trinajstić information content (AvgIpc) is 2.90. The van der Waals surface area contributed by atoms with E-state index in [1.807, 2.05) is 48.7 Å². The van der Waals surface area contributed by atoms with E-state index in [0.29, 0.717) is 6.61 Å². The fourth-order valence-electron chi connectivity index (χ4n) is 2.35. The summed E-state index contributed by atoms with van der Waals surface area (Å²) in [4.78, 5) is 4.41. The first-order valence-electron chi connectivity index (χ1n) is 6.88. The lowest BCUT2D eigenvalue weighted by Gasteiger charge is -2.15. The van der Waals surface area contributed by atoms with Crippen LogP contribution in [0.1, 0.15) is 29.3 Å². The second kappa shape index (κ2) is 5.84. The fourth-order valence-corrected chi connectivity index (χ4v) is 3.04. The maximum atomic E-state index is 9.97. The van der Waals surface area contributed by atoms with Crippen LogP contribution in [0.2, 0.25) is 0 Å². The zero-order valence-corrected chi connectivity index (χ0v) is 12.9. The van der Waals surface area contributed by atoms with Crippen LogP contribution < -0.4 is 4.74 Å². The molecule has 1 heterocycles. The van der Waals surface area contributed by atoms with Crippen LogP contribution in [0.3, 0.4) is 0 Å². The second-order valence-corrected chi connectivity index (χ2v) is 5.99. The van der Waals surface area contributed by atoms with Crippen LogP contribution in [-0.4, -0.2) is 10.1 Å². The number of ether oxygens (including phenoxy) is 1. The SMILES string of the molecule is Cc1csc(COc2c([C@@H](C)O)ccc3ccccc23)n1. The van der Waals surface area contributed by atoms with Gasteiger partial charge in [0.25, 0.3) is 0 Å². The molecule has 1 N–H and O–H groups in total. The summed E-state index contributed by atoms with van der Waals surface area (Å²) in [5.41, 5.74) is 1.81. The second-order valence-electron chi connectivity index (χ2n) is 5.05. The number of benzene rings is 2. The van der Waals surface area contributed by atoms with Gasteiger partial charge in [-0.15, -0.1) is 11.3 Å². The first-order chi connectivity index (χ1) is 10.1. The summed E-state index contributed by atoms with van der Waals surface area (Å²) >= 11 is 1.59. The Morgan fingerprint density at radius 1 is 1.24 bits per heavy atom. The highest BCUT2D eigenvalue weighted by Crippen LogP contribution is 2.34. The molecule has 108 valence electrons. The highest BCUT2D eigenvalue weighted by molar-refractivity contribution is 7.09. The van der Waals surface area contributed by atoms with E-state index >= 15 is 0 Å². The van der Waals surface area contributed by atoms with Crippen LogP contribution in [-0.2, 0) is 6.61 Å². The van der Waals surface area contributed by atoms with Gasteiger partial charge in [0.05, 0.1) is 6.10 Å². The lowest BCUT2D eigenvalue weighted by Crippen LogP contribution is -2.01. The predicted octanol–water partition coefficient (Wildman–Crippen LogP) is 4.24. The number of aliphatic hydroxyl groups is 1. The quantitative estimate of drug-likeness (QED) is 0.783. The van der Waals surface area contributed by atoms with E-state index in [1.165, 1.54) is 0 Å². The maximum absolute atomic E-state index is 9.97. The number of fused-ring (bicyclic) bond motifs is 1. The van der Waals surface area contributed by atoms with E-state index in [4.69, 9.17) is 4.74 Å². The van der Waals surface area contributed by atoms with Gasteiger partial charge in [0, 0.05) is 22.0 Å². The molecule has 3 rings (SSSR count). The van der Waals surface area contributed by atoms with Crippen molar-refractivity contribution in [2.45, 2.75) is 26.6 Å². The normalized spacial score (nSPS) is 12.5. The van der Waals surface area contributed by atoms with Crippen LogP contribution >= 0.6 is 11.3 Å². The van der Waals surface area contributed by atoms with E-state index in [-0.39, 0.29) is 0 Å². The van der Waals surface area contributed by atoms with Crippen molar-refractivity contribution in [2.24, 2.45) is 0 Å². The van der Waals surface area contributed by atoms with Gasteiger partial charge in [0.1, 0.15) is 17.4 Å². The van der Waals surface area contributed by atoms with Gasteiger partial charge < -0.3 is 9.84 Å². The Kier molecular flexibility index (Phi) is 3.90. The van der Waals surface area contributed by atoms with Crippen molar-refractivity contribution >= 4 is 22.1 Å². The molecule has 0 fully saturated rings. The van der Waals surface area contributed by atoms with Gasteiger partial charge in [-0.25, -0.2) is 4.98 Å². The Hall–Kier alpha value is -1.91. The lowest BCUT2D eigenvalue weighted by molar-refractivity contribution is 0.190. The van der Waals surface area contributed by atoms with E-state index in [1.54, 1.807) is 18.3 Å². The molecule has 0 bridgehead atoms. The predicted molar refractivity (Wildman–Crippen MR) is 85.8 cm³/mol. The highest BCUT2D eigenvalue weighted by Gasteiger charge is 2.13. The van der Waals surface area contributed by atoms with Crippen LogP contribution in [0.15, 0.2) is 41.8 Å². The third-order valence-electron chi connectivity index (χ3n) is 3.37. The minimum Gasteiger partial charge on any atom is -0.485 e. The Labute approximate surface area is 127 Å². The molecule has 0 saturated heterocycles. The van der Waals surface area contributed by atoms with Gasteiger partial charge >= 0.3 is 0 Å². The van der Waals surface area contributed by atoms with Gasteiger partial charge in [0.15, 0.2) is 0 Å². The van der Waals surface area contributed by atoms with E-state index in [2.05, 4.69) is 4.98 Å². The third-order valence-corrected chi connectivity index (χ3v) is 4.31. The van der Waals surface area contributed by atoms with E-state index < -0.39 is 6.10 Å². The van der Waals surface area contributed by atoms with Crippen LogP contribution in [0.4, 0.5) is 0 Å². The van der Waals surface area contributed by atoms with Crippen molar-refractivity contribution < 1.29 is 9.84 Å². The number of nitrogens with zero attached hydrogens (tertiary/aromatic N) is 1. The molecule has 2 aromatic carbocycles.